The first-order valence-electron chi connectivity index (χ1n) is 4.98. The molecule has 0 amide bonds. The molecule has 0 fully saturated rings. The van der Waals surface area contributed by atoms with Gasteiger partial charge in [0.2, 0.25) is 0 Å². The highest BCUT2D eigenvalue weighted by Crippen LogP contribution is 1.96. The molecule has 15 heavy (non-hydrogen) atoms. The molecule has 0 saturated heterocycles. The molecule has 0 aliphatic rings. The molecule has 0 aliphatic carbocycles. The molecular formula is C10H17N3O2. The molecule has 1 atom stereocenters. The second-order valence-electron chi connectivity index (χ2n) is 3.53. The molecule has 1 aromatic rings. The lowest BCUT2D eigenvalue weighted by molar-refractivity contribution is -0.137. The minimum atomic E-state index is -0.852. The van der Waals surface area contributed by atoms with Crippen molar-refractivity contribution >= 4 is 5.97 Å². The van der Waals surface area contributed by atoms with E-state index in [0.29, 0.717) is 6.54 Å². The summed E-state index contributed by atoms with van der Waals surface area (Å²) in [5, 5.41) is 11.6. The number of nitrogens with two attached hydrogens (primary N) is 1. The SMILES string of the molecule is NC(CNCCc1cc[nH]c1)CC(=O)O. The van der Waals surface area contributed by atoms with Crippen molar-refractivity contribution in [2.24, 2.45) is 5.73 Å². The number of aromatic nitrogens is 1. The van der Waals surface area contributed by atoms with E-state index >= 15 is 0 Å². The quantitative estimate of drug-likeness (QED) is 0.476. The third kappa shape index (κ3) is 5.19. The van der Waals surface area contributed by atoms with E-state index in [0.717, 1.165) is 13.0 Å². The van der Waals surface area contributed by atoms with Crippen LogP contribution in [-0.2, 0) is 11.2 Å². The summed E-state index contributed by atoms with van der Waals surface area (Å²) in [6.07, 6.45) is 4.75. The van der Waals surface area contributed by atoms with Crippen molar-refractivity contribution in [1.82, 2.24) is 10.3 Å². The molecule has 1 rings (SSSR count). The van der Waals surface area contributed by atoms with Crippen LogP contribution in [0.25, 0.3) is 0 Å². The molecule has 0 radical (unpaired) electrons. The first-order chi connectivity index (χ1) is 7.18. The van der Waals surface area contributed by atoms with Gasteiger partial charge in [-0.1, -0.05) is 0 Å². The molecule has 0 bridgehead atoms. The topological polar surface area (TPSA) is 91.1 Å². The highest BCUT2D eigenvalue weighted by Gasteiger charge is 2.06. The second-order valence-corrected chi connectivity index (χ2v) is 3.53. The molecule has 1 aromatic heterocycles. The molecule has 0 aromatic carbocycles. The van der Waals surface area contributed by atoms with Gasteiger partial charge in [0.1, 0.15) is 0 Å². The molecule has 5 heteroatoms. The Morgan fingerprint density at radius 2 is 2.47 bits per heavy atom. The number of aliphatic carboxylic acids is 1. The third-order valence-electron chi connectivity index (χ3n) is 2.10. The van der Waals surface area contributed by atoms with Crippen molar-refractivity contribution in [2.45, 2.75) is 18.9 Å². The van der Waals surface area contributed by atoms with Crippen LogP contribution >= 0.6 is 0 Å². The summed E-state index contributed by atoms with van der Waals surface area (Å²) in [6, 6.07) is 1.70. The number of rotatable bonds is 7. The van der Waals surface area contributed by atoms with Crippen molar-refractivity contribution in [1.29, 1.82) is 0 Å². The third-order valence-corrected chi connectivity index (χ3v) is 2.10. The predicted octanol–water partition coefficient (Wildman–Crippen LogP) is -0.0512. The lowest BCUT2D eigenvalue weighted by Gasteiger charge is -2.09. The molecule has 1 heterocycles. The van der Waals surface area contributed by atoms with Crippen LogP contribution in [0.3, 0.4) is 0 Å². The molecule has 0 spiro atoms. The zero-order chi connectivity index (χ0) is 11.1. The largest absolute Gasteiger partial charge is 0.481 e. The minimum Gasteiger partial charge on any atom is -0.481 e. The average Bonchev–Trinajstić information content (AvgIpc) is 2.63. The van der Waals surface area contributed by atoms with Gasteiger partial charge in [0.15, 0.2) is 0 Å². The van der Waals surface area contributed by atoms with Crippen LogP contribution in [-0.4, -0.2) is 35.2 Å². The van der Waals surface area contributed by atoms with Crippen LogP contribution in [0.5, 0.6) is 0 Å². The molecule has 0 aliphatic heterocycles. The number of hydrogen-bond donors (Lipinski definition) is 4. The van der Waals surface area contributed by atoms with Crippen LogP contribution in [0.2, 0.25) is 0 Å². The van der Waals surface area contributed by atoms with Gasteiger partial charge in [-0.2, -0.15) is 0 Å². The monoisotopic (exact) mass is 211 g/mol. The van der Waals surface area contributed by atoms with Gasteiger partial charge < -0.3 is 21.1 Å². The maximum absolute atomic E-state index is 10.3. The Bertz CT molecular complexity index is 285. The van der Waals surface area contributed by atoms with Gasteiger partial charge >= 0.3 is 5.97 Å². The van der Waals surface area contributed by atoms with Crippen molar-refractivity contribution in [3.05, 3.63) is 24.0 Å². The smallest absolute Gasteiger partial charge is 0.304 e. The van der Waals surface area contributed by atoms with Gasteiger partial charge in [0.25, 0.3) is 0 Å². The van der Waals surface area contributed by atoms with E-state index in [4.69, 9.17) is 10.8 Å². The summed E-state index contributed by atoms with van der Waals surface area (Å²) in [5.41, 5.74) is 6.82. The Balaban J connectivity index is 2.04. The number of aromatic amines is 1. The van der Waals surface area contributed by atoms with Gasteiger partial charge in [0.05, 0.1) is 6.42 Å². The van der Waals surface area contributed by atoms with E-state index in [1.165, 1.54) is 5.56 Å². The fraction of sp³-hybridized carbons (Fsp3) is 0.500. The number of nitrogens with one attached hydrogen (secondary N) is 2. The van der Waals surface area contributed by atoms with Crippen molar-refractivity contribution in [3.63, 3.8) is 0 Å². The maximum Gasteiger partial charge on any atom is 0.304 e. The second kappa shape index (κ2) is 6.21. The molecule has 1 unspecified atom stereocenters. The Kier molecular flexibility index (Phi) is 4.86. The fourth-order valence-corrected chi connectivity index (χ4v) is 1.33. The zero-order valence-electron chi connectivity index (χ0n) is 8.57. The van der Waals surface area contributed by atoms with Gasteiger partial charge in [-0.05, 0) is 24.6 Å². The normalized spacial score (nSPS) is 12.6. The van der Waals surface area contributed by atoms with Gasteiger partial charge in [-0.3, -0.25) is 4.79 Å². The first-order valence-corrected chi connectivity index (χ1v) is 4.98. The van der Waals surface area contributed by atoms with Crippen molar-refractivity contribution in [3.8, 4) is 0 Å². The standard InChI is InChI=1S/C10H17N3O2/c11-9(5-10(14)15)7-13-4-2-8-1-3-12-6-8/h1,3,6,9,12-13H,2,4-5,7,11H2,(H,14,15). The number of carbonyl (C=O) groups is 1. The number of carboxylic acid groups (broad SMARTS) is 1. The molecular weight excluding hydrogens is 194 g/mol. The number of hydrogen-bond acceptors (Lipinski definition) is 3. The summed E-state index contributed by atoms with van der Waals surface area (Å²) in [4.78, 5) is 13.3. The summed E-state index contributed by atoms with van der Waals surface area (Å²) < 4.78 is 0. The summed E-state index contributed by atoms with van der Waals surface area (Å²) in [7, 11) is 0. The van der Waals surface area contributed by atoms with E-state index in [-0.39, 0.29) is 12.5 Å². The van der Waals surface area contributed by atoms with Crippen molar-refractivity contribution < 1.29 is 9.90 Å². The van der Waals surface area contributed by atoms with Crippen LogP contribution in [0.1, 0.15) is 12.0 Å². The molecule has 5 nitrogen and oxygen atoms in total. The summed E-state index contributed by atoms with van der Waals surface area (Å²) >= 11 is 0. The van der Waals surface area contributed by atoms with Crippen molar-refractivity contribution in [2.75, 3.05) is 13.1 Å². The lowest BCUT2D eigenvalue weighted by Crippen LogP contribution is -2.36. The molecule has 84 valence electrons. The Morgan fingerprint density at radius 1 is 1.67 bits per heavy atom. The predicted molar refractivity (Wildman–Crippen MR) is 57.6 cm³/mol. The Hall–Kier alpha value is -1.33. The lowest BCUT2D eigenvalue weighted by atomic mass is 10.2. The Morgan fingerprint density at radius 3 is 3.07 bits per heavy atom. The van der Waals surface area contributed by atoms with E-state index in [1.54, 1.807) is 0 Å². The average molecular weight is 211 g/mol. The van der Waals surface area contributed by atoms with E-state index < -0.39 is 5.97 Å². The maximum atomic E-state index is 10.3. The fourth-order valence-electron chi connectivity index (χ4n) is 1.33. The van der Waals surface area contributed by atoms with E-state index in [2.05, 4.69) is 10.3 Å². The summed E-state index contributed by atoms with van der Waals surface area (Å²) in [5.74, 6) is -0.852. The van der Waals surface area contributed by atoms with Crippen LogP contribution in [0.4, 0.5) is 0 Å². The summed E-state index contributed by atoms with van der Waals surface area (Å²) in [6.45, 7) is 1.35. The van der Waals surface area contributed by atoms with Gasteiger partial charge in [0, 0.05) is 25.0 Å². The highest BCUT2D eigenvalue weighted by molar-refractivity contribution is 5.67. The van der Waals surface area contributed by atoms with Gasteiger partial charge in [-0.15, -0.1) is 0 Å². The highest BCUT2D eigenvalue weighted by atomic mass is 16.4. The minimum absolute atomic E-state index is 0.0111. The van der Waals surface area contributed by atoms with E-state index in [9.17, 15) is 4.79 Å². The van der Waals surface area contributed by atoms with Crippen LogP contribution in [0.15, 0.2) is 18.5 Å². The number of carboxylic acids is 1. The molecule has 0 saturated carbocycles. The zero-order valence-corrected chi connectivity index (χ0v) is 8.57. The van der Waals surface area contributed by atoms with E-state index in [1.807, 2.05) is 18.5 Å². The van der Waals surface area contributed by atoms with Crippen LogP contribution < -0.4 is 11.1 Å². The first kappa shape index (κ1) is 11.7. The van der Waals surface area contributed by atoms with Gasteiger partial charge in [-0.25, -0.2) is 0 Å². The number of H-pyrrole nitrogens is 1. The Labute approximate surface area is 88.7 Å². The molecule has 5 N–H and O–H groups in total. The van der Waals surface area contributed by atoms with Crippen LogP contribution in [0, 0.1) is 0 Å².